The smallest absolute Gasteiger partial charge is 0.292 e. The van der Waals surface area contributed by atoms with Crippen LogP contribution < -0.4 is 10.6 Å². The summed E-state index contributed by atoms with van der Waals surface area (Å²) < 4.78 is 5.64. The predicted molar refractivity (Wildman–Crippen MR) is 90.7 cm³/mol. The molecule has 3 aromatic rings. The third-order valence-electron chi connectivity index (χ3n) is 4.95. The van der Waals surface area contributed by atoms with Crippen LogP contribution in [0.1, 0.15) is 22.5 Å². The number of nitrogens with zero attached hydrogens (tertiary/aromatic N) is 3. The molecule has 122 valence electrons. The highest BCUT2D eigenvalue weighted by atomic mass is 16.4. The molecule has 0 bridgehead atoms. The molecule has 0 fully saturated rings. The van der Waals surface area contributed by atoms with Gasteiger partial charge >= 0.3 is 0 Å². The third-order valence-corrected chi connectivity index (χ3v) is 4.95. The lowest BCUT2D eigenvalue weighted by Gasteiger charge is -2.24. The van der Waals surface area contributed by atoms with E-state index in [0.29, 0.717) is 17.3 Å². The van der Waals surface area contributed by atoms with Gasteiger partial charge in [-0.2, -0.15) is 10.1 Å². The molecule has 1 atom stereocenters. The largest absolute Gasteiger partial charge is 0.423 e. The van der Waals surface area contributed by atoms with E-state index in [1.54, 1.807) is 0 Å². The van der Waals surface area contributed by atoms with Gasteiger partial charge in [0.25, 0.3) is 11.9 Å². The van der Waals surface area contributed by atoms with Crippen molar-refractivity contribution in [1.82, 2.24) is 15.2 Å². The Hall–Kier alpha value is -3.53. The number of carbonyl (C=O) groups excluding carboxylic acids is 1. The third kappa shape index (κ3) is 1.37. The second kappa shape index (κ2) is 4.30. The fraction of sp³-hybridized carbons (Fsp3) is 0.167. The van der Waals surface area contributed by atoms with Crippen molar-refractivity contribution in [3.8, 4) is 23.7 Å². The summed E-state index contributed by atoms with van der Waals surface area (Å²) in [6.45, 7) is 2.01. The zero-order valence-corrected chi connectivity index (χ0v) is 13.3. The first-order valence-corrected chi connectivity index (χ1v) is 7.78. The summed E-state index contributed by atoms with van der Waals surface area (Å²) >= 11 is 0. The van der Waals surface area contributed by atoms with Gasteiger partial charge < -0.3 is 10.2 Å². The number of nitrogens with one attached hydrogen (secondary N) is 1. The topological polar surface area (TPSA) is 101 Å². The lowest BCUT2D eigenvalue weighted by Crippen LogP contribution is -2.42. The average molecular weight is 331 g/mol. The number of nitrogens with two attached hydrogens (primary N) is 1. The van der Waals surface area contributed by atoms with Crippen molar-refractivity contribution in [3.63, 3.8) is 0 Å². The van der Waals surface area contributed by atoms with E-state index in [2.05, 4.69) is 21.1 Å². The highest BCUT2D eigenvalue weighted by Gasteiger charge is 2.62. The number of oxazole rings is 1. The van der Waals surface area contributed by atoms with Crippen molar-refractivity contribution in [2.75, 3.05) is 17.2 Å². The Morgan fingerprint density at radius 2 is 2.24 bits per heavy atom. The Morgan fingerprint density at radius 3 is 3.04 bits per heavy atom. The number of anilines is 2. The first kappa shape index (κ1) is 13.9. The maximum atomic E-state index is 13.6. The van der Waals surface area contributed by atoms with Crippen LogP contribution in [0, 0.1) is 19.3 Å². The van der Waals surface area contributed by atoms with E-state index in [-0.39, 0.29) is 18.5 Å². The second-order valence-electron chi connectivity index (χ2n) is 6.17. The van der Waals surface area contributed by atoms with Crippen LogP contribution in [-0.2, 0) is 10.2 Å². The minimum absolute atomic E-state index is 0.0322. The van der Waals surface area contributed by atoms with Crippen LogP contribution in [0.4, 0.5) is 11.8 Å². The summed E-state index contributed by atoms with van der Waals surface area (Å²) in [6.07, 6.45) is 5.48. The molecule has 3 N–H and O–H groups in total. The second-order valence-corrected chi connectivity index (χ2v) is 6.17. The Bertz CT molecular complexity index is 1100. The molecule has 7 heteroatoms. The highest BCUT2D eigenvalue weighted by molar-refractivity contribution is 6.15. The summed E-state index contributed by atoms with van der Waals surface area (Å²) in [7, 11) is 0. The molecule has 5 rings (SSSR count). The Kier molecular flexibility index (Phi) is 2.39. The normalized spacial score (nSPS) is 19.8. The van der Waals surface area contributed by atoms with Crippen molar-refractivity contribution in [3.05, 3.63) is 46.8 Å². The van der Waals surface area contributed by atoms with Gasteiger partial charge in [0.1, 0.15) is 5.69 Å². The van der Waals surface area contributed by atoms with Gasteiger partial charge in [-0.15, -0.1) is 6.42 Å². The maximum absolute atomic E-state index is 13.6. The van der Waals surface area contributed by atoms with E-state index in [1.165, 1.54) is 4.90 Å². The molecule has 1 amide bonds. The molecule has 0 saturated carbocycles. The standard InChI is InChI=1S/C18H13N5O2/c1-3-8-23-15-12(9(2)21-22-15)18(16(23)24)11-7-5-4-6-10(11)13-14(18)20-17(19)25-13/h1,4-7H,8H2,2H3,(H2,19,20)(H,21,22)/t18-/m0/s1. The van der Waals surface area contributed by atoms with Gasteiger partial charge in [-0.25, -0.2) is 0 Å². The number of terminal acetylenes is 1. The zero-order valence-electron chi connectivity index (χ0n) is 13.3. The minimum atomic E-state index is -1.13. The summed E-state index contributed by atoms with van der Waals surface area (Å²) in [6, 6.07) is 7.63. The van der Waals surface area contributed by atoms with Gasteiger partial charge in [-0.05, 0) is 12.5 Å². The molecule has 3 heterocycles. The van der Waals surface area contributed by atoms with E-state index in [0.717, 1.165) is 22.4 Å². The fourth-order valence-electron chi connectivity index (χ4n) is 4.08. The quantitative estimate of drug-likeness (QED) is 0.659. The molecule has 2 aliphatic rings. The lowest BCUT2D eigenvalue weighted by molar-refractivity contribution is -0.120. The molecule has 0 radical (unpaired) electrons. The Balaban J connectivity index is 1.94. The number of H-pyrrole nitrogens is 1. The van der Waals surface area contributed by atoms with E-state index in [1.807, 2.05) is 31.2 Å². The van der Waals surface area contributed by atoms with Crippen LogP contribution in [0.2, 0.25) is 0 Å². The Labute approximate surface area is 142 Å². The summed E-state index contributed by atoms with van der Waals surface area (Å²) in [4.78, 5) is 19.5. The number of rotatable bonds is 1. The number of fused-ring (bicyclic) bond motifs is 7. The number of aromatic nitrogens is 3. The molecule has 1 aromatic carbocycles. The van der Waals surface area contributed by atoms with Crippen LogP contribution in [0.25, 0.3) is 11.3 Å². The van der Waals surface area contributed by atoms with Crippen molar-refractivity contribution >= 4 is 17.7 Å². The molecule has 1 aliphatic carbocycles. The fourth-order valence-corrected chi connectivity index (χ4v) is 4.08. The van der Waals surface area contributed by atoms with E-state index in [4.69, 9.17) is 16.6 Å². The minimum Gasteiger partial charge on any atom is -0.423 e. The number of hydrogen-bond acceptors (Lipinski definition) is 5. The highest BCUT2D eigenvalue weighted by Crippen LogP contribution is 2.58. The molecule has 2 aromatic heterocycles. The van der Waals surface area contributed by atoms with Crippen LogP contribution in [0.3, 0.4) is 0 Å². The van der Waals surface area contributed by atoms with Gasteiger partial charge in [-0.1, -0.05) is 30.2 Å². The molecule has 1 aliphatic heterocycles. The van der Waals surface area contributed by atoms with Crippen LogP contribution in [0.15, 0.2) is 28.7 Å². The van der Waals surface area contributed by atoms with Gasteiger partial charge in [0.2, 0.25) is 0 Å². The molecule has 1 spiro atoms. The van der Waals surface area contributed by atoms with Gasteiger partial charge in [0, 0.05) is 16.8 Å². The number of hydrogen-bond donors (Lipinski definition) is 2. The number of carbonyl (C=O) groups is 1. The maximum Gasteiger partial charge on any atom is 0.292 e. The molecular formula is C18H13N5O2. The summed E-state index contributed by atoms with van der Waals surface area (Å²) in [5.74, 6) is 3.41. The average Bonchev–Trinajstić information content (AvgIpc) is 3.29. The number of aromatic amines is 1. The number of benzene rings is 1. The SMILES string of the molecule is C#CCN1C(=O)[C@@]2(c3ccccc3-c3oc(N)nc32)c2c1n[nH]c2C. The Morgan fingerprint density at radius 1 is 1.44 bits per heavy atom. The van der Waals surface area contributed by atoms with Crippen LogP contribution in [-0.4, -0.2) is 27.6 Å². The summed E-state index contributed by atoms with van der Waals surface area (Å²) in [5.41, 5.74) is 8.35. The zero-order chi connectivity index (χ0) is 17.3. The number of amides is 1. The van der Waals surface area contributed by atoms with Crippen molar-refractivity contribution in [1.29, 1.82) is 0 Å². The first-order chi connectivity index (χ1) is 12.1. The van der Waals surface area contributed by atoms with Gasteiger partial charge in [-0.3, -0.25) is 14.8 Å². The molecule has 0 unspecified atom stereocenters. The molecule has 7 nitrogen and oxygen atoms in total. The van der Waals surface area contributed by atoms with E-state index >= 15 is 0 Å². The first-order valence-electron chi connectivity index (χ1n) is 7.78. The van der Waals surface area contributed by atoms with Crippen molar-refractivity contribution < 1.29 is 9.21 Å². The molecular weight excluding hydrogens is 318 g/mol. The summed E-state index contributed by atoms with van der Waals surface area (Å²) in [5, 5.41) is 7.28. The van der Waals surface area contributed by atoms with Crippen molar-refractivity contribution in [2.45, 2.75) is 12.3 Å². The van der Waals surface area contributed by atoms with Crippen LogP contribution in [0.5, 0.6) is 0 Å². The van der Waals surface area contributed by atoms with Gasteiger partial charge in [0.15, 0.2) is 17.0 Å². The number of nitrogen functional groups attached to an aromatic ring is 1. The molecule has 0 saturated heterocycles. The van der Waals surface area contributed by atoms with E-state index in [9.17, 15) is 4.79 Å². The van der Waals surface area contributed by atoms with Crippen molar-refractivity contribution in [2.24, 2.45) is 0 Å². The van der Waals surface area contributed by atoms with E-state index < -0.39 is 5.41 Å². The lowest BCUT2D eigenvalue weighted by atomic mass is 9.75. The number of aryl methyl sites for hydroxylation is 1. The van der Waals surface area contributed by atoms with Gasteiger partial charge in [0.05, 0.1) is 6.54 Å². The molecule has 25 heavy (non-hydrogen) atoms. The predicted octanol–water partition coefficient (Wildman–Crippen LogP) is 1.58. The monoisotopic (exact) mass is 331 g/mol. The van der Waals surface area contributed by atoms with Crippen LogP contribution >= 0.6 is 0 Å².